The zero-order chi connectivity index (χ0) is 16.5. The maximum absolute atomic E-state index is 12.7. The van der Waals surface area contributed by atoms with Crippen LogP contribution < -0.4 is 5.14 Å². The second-order valence-electron chi connectivity index (χ2n) is 5.91. The van der Waals surface area contributed by atoms with Gasteiger partial charge in [-0.15, -0.1) is 0 Å². The molecule has 0 unspecified atom stereocenters. The van der Waals surface area contributed by atoms with Crippen molar-refractivity contribution < 1.29 is 13.2 Å². The van der Waals surface area contributed by atoms with Gasteiger partial charge in [-0.2, -0.15) is 0 Å². The van der Waals surface area contributed by atoms with E-state index < -0.39 is 10.0 Å². The maximum Gasteiger partial charge on any atom is 0.253 e. The minimum absolute atomic E-state index is 0.0304. The molecular weight excluding hydrogens is 302 g/mol. The maximum atomic E-state index is 12.7. The molecule has 0 atom stereocenters. The average Bonchev–Trinajstić information content (AvgIpc) is 2.64. The third-order valence-corrected chi connectivity index (χ3v) is 5.22. The van der Waals surface area contributed by atoms with Crippen LogP contribution >= 0.6 is 0 Å². The summed E-state index contributed by atoms with van der Waals surface area (Å²) in [6, 6.07) is 3.13. The van der Waals surface area contributed by atoms with Crippen LogP contribution in [0.1, 0.15) is 27.9 Å². The van der Waals surface area contributed by atoms with Crippen molar-refractivity contribution in [2.45, 2.75) is 25.2 Å². The van der Waals surface area contributed by atoms with Crippen molar-refractivity contribution in [3.05, 3.63) is 28.8 Å². The molecule has 2 rings (SSSR count). The van der Waals surface area contributed by atoms with Gasteiger partial charge in [0, 0.05) is 25.2 Å². The van der Waals surface area contributed by atoms with Gasteiger partial charge in [-0.05, 0) is 57.1 Å². The van der Waals surface area contributed by atoms with E-state index in [4.69, 9.17) is 5.14 Å². The van der Waals surface area contributed by atoms with Gasteiger partial charge in [0.25, 0.3) is 5.91 Å². The zero-order valence-corrected chi connectivity index (χ0v) is 14.1. The van der Waals surface area contributed by atoms with Crippen molar-refractivity contribution in [1.29, 1.82) is 0 Å². The van der Waals surface area contributed by atoms with Crippen molar-refractivity contribution in [3.8, 4) is 0 Å². The molecule has 1 amide bonds. The van der Waals surface area contributed by atoms with Crippen LogP contribution in [0.25, 0.3) is 0 Å². The summed E-state index contributed by atoms with van der Waals surface area (Å²) in [6.07, 6.45) is 0.912. The van der Waals surface area contributed by atoms with Crippen molar-refractivity contribution in [2.24, 2.45) is 5.14 Å². The summed E-state index contributed by atoms with van der Waals surface area (Å²) in [7, 11) is -1.81. The molecule has 0 aliphatic carbocycles. The molecule has 0 bridgehead atoms. The summed E-state index contributed by atoms with van der Waals surface area (Å²) in [5, 5.41) is 5.26. The summed E-state index contributed by atoms with van der Waals surface area (Å²) < 4.78 is 23.4. The molecule has 1 aromatic carbocycles. The Kier molecular flexibility index (Phi) is 4.89. The lowest BCUT2D eigenvalue weighted by molar-refractivity contribution is 0.0762. The van der Waals surface area contributed by atoms with Crippen molar-refractivity contribution in [2.75, 3.05) is 33.2 Å². The Bertz CT molecular complexity index is 686. The van der Waals surface area contributed by atoms with E-state index in [0.29, 0.717) is 24.2 Å². The molecule has 122 valence electrons. The molecule has 0 radical (unpaired) electrons. The number of nitrogens with two attached hydrogens (primary N) is 1. The zero-order valence-electron chi connectivity index (χ0n) is 13.3. The highest BCUT2D eigenvalue weighted by atomic mass is 32.2. The fourth-order valence-electron chi connectivity index (χ4n) is 2.68. The minimum atomic E-state index is -3.84. The van der Waals surface area contributed by atoms with Gasteiger partial charge in [-0.25, -0.2) is 13.6 Å². The molecule has 1 aromatic rings. The first-order chi connectivity index (χ1) is 10.2. The summed E-state index contributed by atoms with van der Waals surface area (Å²) in [5.41, 5.74) is 1.73. The smallest absolute Gasteiger partial charge is 0.253 e. The predicted octanol–water partition coefficient (Wildman–Crippen LogP) is 0.729. The molecule has 7 heteroatoms. The van der Waals surface area contributed by atoms with Gasteiger partial charge in [0.05, 0.1) is 4.90 Å². The van der Waals surface area contributed by atoms with Gasteiger partial charge < -0.3 is 9.80 Å². The van der Waals surface area contributed by atoms with Gasteiger partial charge in [0.1, 0.15) is 0 Å². The third-order valence-electron chi connectivity index (χ3n) is 4.18. The second kappa shape index (κ2) is 6.36. The van der Waals surface area contributed by atoms with E-state index in [2.05, 4.69) is 4.90 Å². The Morgan fingerprint density at radius 3 is 2.45 bits per heavy atom. The number of benzene rings is 1. The quantitative estimate of drug-likeness (QED) is 0.869. The van der Waals surface area contributed by atoms with Crippen LogP contribution in [0.5, 0.6) is 0 Å². The SMILES string of the molecule is Cc1cc(C(=O)N2CCCN(C)CC2)cc(S(N)(=O)=O)c1C. The Morgan fingerprint density at radius 2 is 1.82 bits per heavy atom. The lowest BCUT2D eigenvalue weighted by Crippen LogP contribution is -2.34. The van der Waals surface area contributed by atoms with Crippen molar-refractivity contribution in [1.82, 2.24) is 9.80 Å². The van der Waals surface area contributed by atoms with E-state index in [1.54, 1.807) is 24.8 Å². The van der Waals surface area contributed by atoms with E-state index in [-0.39, 0.29) is 10.8 Å². The molecule has 0 aromatic heterocycles. The normalized spacial score (nSPS) is 17.4. The number of primary sulfonamides is 1. The average molecular weight is 325 g/mol. The van der Waals surface area contributed by atoms with Crippen molar-refractivity contribution in [3.63, 3.8) is 0 Å². The van der Waals surface area contributed by atoms with Crippen LogP contribution in [0, 0.1) is 13.8 Å². The van der Waals surface area contributed by atoms with Gasteiger partial charge in [-0.1, -0.05) is 0 Å². The number of likely N-dealkylation sites (N-methyl/N-ethyl adjacent to an activating group) is 1. The summed E-state index contributed by atoms with van der Waals surface area (Å²) in [5.74, 6) is -0.136. The number of rotatable bonds is 2. The number of hydrogen-bond donors (Lipinski definition) is 1. The Hall–Kier alpha value is -1.44. The van der Waals surface area contributed by atoms with Crippen LogP contribution in [-0.4, -0.2) is 57.4 Å². The molecule has 1 saturated heterocycles. The van der Waals surface area contributed by atoms with Crippen molar-refractivity contribution >= 4 is 15.9 Å². The number of carbonyl (C=O) groups excluding carboxylic acids is 1. The van der Waals surface area contributed by atoms with Gasteiger partial charge in [-0.3, -0.25) is 4.79 Å². The Balaban J connectivity index is 2.36. The van der Waals surface area contributed by atoms with E-state index >= 15 is 0 Å². The van der Waals surface area contributed by atoms with Crippen LogP contribution in [-0.2, 0) is 10.0 Å². The van der Waals surface area contributed by atoms with Gasteiger partial charge in [0.2, 0.25) is 10.0 Å². The highest BCUT2D eigenvalue weighted by Crippen LogP contribution is 2.21. The lowest BCUT2D eigenvalue weighted by atomic mass is 10.1. The van der Waals surface area contributed by atoms with Crippen LogP contribution in [0.15, 0.2) is 17.0 Å². The number of carbonyl (C=O) groups is 1. The Labute approximate surface area is 131 Å². The van der Waals surface area contributed by atoms with Crippen LogP contribution in [0.4, 0.5) is 0 Å². The molecule has 22 heavy (non-hydrogen) atoms. The fraction of sp³-hybridized carbons (Fsp3) is 0.533. The number of nitrogens with zero attached hydrogens (tertiary/aromatic N) is 2. The monoisotopic (exact) mass is 325 g/mol. The number of hydrogen-bond acceptors (Lipinski definition) is 4. The van der Waals surface area contributed by atoms with Crippen LogP contribution in [0.2, 0.25) is 0 Å². The number of sulfonamides is 1. The summed E-state index contributed by atoms with van der Waals surface area (Å²) in [4.78, 5) is 16.7. The highest BCUT2D eigenvalue weighted by molar-refractivity contribution is 7.89. The minimum Gasteiger partial charge on any atom is -0.337 e. The molecule has 1 aliphatic heterocycles. The molecular formula is C15H23N3O3S. The number of amides is 1. The molecule has 0 saturated carbocycles. The van der Waals surface area contributed by atoms with E-state index in [9.17, 15) is 13.2 Å². The first kappa shape index (κ1) is 16.9. The van der Waals surface area contributed by atoms with Gasteiger partial charge >= 0.3 is 0 Å². The topological polar surface area (TPSA) is 83.7 Å². The molecule has 2 N–H and O–H groups in total. The van der Waals surface area contributed by atoms with E-state index in [0.717, 1.165) is 25.1 Å². The number of aryl methyl sites for hydroxylation is 1. The van der Waals surface area contributed by atoms with Gasteiger partial charge in [0.15, 0.2) is 0 Å². The molecule has 1 heterocycles. The molecule has 0 spiro atoms. The largest absolute Gasteiger partial charge is 0.337 e. The third kappa shape index (κ3) is 3.66. The first-order valence-electron chi connectivity index (χ1n) is 7.32. The Morgan fingerprint density at radius 1 is 1.14 bits per heavy atom. The summed E-state index contributed by atoms with van der Waals surface area (Å²) >= 11 is 0. The molecule has 1 fully saturated rings. The van der Waals surface area contributed by atoms with E-state index in [1.807, 2.05) is 7.05 Å². The first-order valence-corrected chi connectivity index (χ1v) is 8.86. The van der Waals surface area contributed by atoms with Crippen LogP contribution in [0.3, 0.4) is 0 Å². The summed E-state index contributed by atoms with van der Waals surface area (Å²) in [6.45, 7) is 6.59. The molecule has 1 aliphatic rings. The predicted molar refractivity (Wildman–Crippen MR) is 85.3 cm³/mol. The highest BCUT2D eigenvalue weighted by Gasteiger charge is 2.22. The second-order valence-corrected chi connectivity index (χ2v) is 7.44. The standard InChI is InChI=1S/C15H23N3O3S/c1-11-9-13(10-14(12(11)2)22(16,20)21)15(19)18-6-4-5-17(3)7-8-18/h9-10H,4-8H2,1-3H3,(H2,16,20,21). The molecule has 6 nitrogen and oxygen atoms in total. The lowest BCUT2D eigenvalue weighted by Gasteiger charge is -2.21. The van der Waals surface area contributed by atoms with E-state index in [1.165, 1.54) is 6.07 Å². The fourth-order valence-corrected chi connectivity index (χ4v) is 3.56.